The third-order valence-electron chi connectivity index (χ3n) is 3.15. The average molecular weight is 282 g/mol. The van der Waals surface area contributed by atoms with Gasteiger partial charge in [-0.1, -0.05) is 15.9 Å². The first-order chi connectivity index (χ1) is 7.58. The van der Waals surface area contributed by atoms with Gasteiger partial charge in [0, 0.05) is 35.6 Å². The Morgan fingerprint density at radius 3 is 2.81 bits per heavy atom. The Bertz CT molecular complexity index is 416. The van der Waals surface area contributed by atoms with E-state index in [1.54, 1.807) is 0 Å². The molecular weight excluding hydrogens is 266 g/mol. The molecule has 1 aromatic rings. The number of rotatable bonds is 1. The van der Waals surface area contributed by atoms with Crippen molar-refractivity contribution in [1.82, 2.24) is 0 Å². The summed E-state index contributed by atoms with van der Waals surface area (Å²) in [5.41, 5.74) is 2.51. The van der Waals surface area contributed by atoms with E-state index >= 15 is 0 Å². The summed E-state index contributed by atoms with van der Waals surface area (Å²) in [5, 5.41) is 0. The zero-order valence-electron chi connectivity index (χ0n) is 9.66. The number of piperidine rings is 1. The normalized spacial score (nSPS) is 21.3. The molecule has 0 aliphatic carbocycles. The molecule has 1 fully saturated rings. The number of hydrogen-bond donors (Lipinski definition) is 0. The number of carbonyl (C=O) groups is 1. The predicted molar refractivity (Wildman–Crippen MR) is 69.9 cm³/mol. The van der Waals surface area contributed by atoms with Crippen LogP contribution in [-0.2, 0) is 4.79 Å². The summed E-state index contributed by atoms with van der Waals surface area (Å²) in [6.45, 7) is 5.09. The number of ketones is 1. The first-order valence-corrected chi connectivity index (χ1v) is 6.41. The SMILES string of the molecule is Cc1cc(Br)ccc1N1CCC(=O)CC1C. The highest BCUT2D eigenvalue weighted by Gasteiger charge is 2.24. The maximum Gasteiger partial charge on any atom is 0.136 e. The molecule has 1 aliphatic rings. The fraction of sp³-hybridized carbons (Fsp3) is 0.462. The second-order valence-electron chi connectivity index (χ2n) is 4.47. The summed E-state index contributed by atoms with van der Waals surface area (Å²) in [7, 11) is 0. The molecule has 1 saturated heterocycles. The van der Waals surface area contributed by atoms with Crippen LogP contribution in [0.1, 0.15) is 25.3 Å². The Morgan fingerprint density at radius 2 is 2.19 bits per heavy atom. The van der Waals surface area contributed by atoms with E-state index < -0.39 is 0 Å². The number of carbonyl (C=O) groups excluding carboxylic acids is 1. The summed E-state index contributed by atoms with van der Waals surface area (Å²) in [4.78, 5) is 13.7. The van der Waals surface area contributed by atoms with Gasteiger partial charge < -0.3 is 4.90 Å². The van der Waals surface area contributed by atoms with Crippen molar-refractivity contribution in [2.45, 2.75) is 32.7 Å². The van der Waals surface area contributed by atoms with Gasteiger partial charge in [0.15, 0.2) is 0 Å². The van der Waals surface area contributed by atoms with Crippen LogP contribution in [0.2, 0.25) is 0 Å². The van der Waals surface area contributed by atoms with Crippen molar-refractivity contribution in [3.8, 4) is 0 Å². The van der Waals surface area contributed by atoms with E-state index in [2.05, 4.69) is 52.9 Å². The molecule has 16 heavy (non-hydrogen) atoms. The lowest BCUT2D eigenvalue weighted by Gasteiger charge is -2.35. The van der Waals surface area contributed by atoms with E-state index in [-0.39, 0.29) is 0 Å². The van der Waals surface area contributed by atoms with E-state index in [0.717, 1.165) is 11.0 Å². The van der Waals surface area contributed by atoms with Crippen LogP contribution in [-0.4, -0.2) is 18.4 Å². The highest BCUT2D eigenvalue weighted by molar-refractivity contribution is 9.10. The number of anilines is 1. The molecule has 0 radical (unpaired) electrons. The summed E-state index contributed by atoms with van der Waals surface area (Å²) in [6, 6.07) is 6.64. The maximum absolute atomic E-state index is 11.4. The molecule has 2 nitrogen and oxygen atoms in total. The molecule has 0 aromatic heterocycles. The Balaban J connectivity index is 2.26. The molecule has 3 heteroatoms. The molecule has 0 bridgehead atoms. The smallest absolute Gasteiger partial charge is 0.136 e. The molecule has 1 aliphatic heterocycles. The second-order valence-corrected chi connectivity index (χ2v) is 5.38. The second kappa shape index (κ2) is 4.58. The van der Waals surface area contributed by atoms with Crippen molar-refractivity contribution in [3.63, 3.8) is 0 Å². The summed E-state index contributed by atoms with van der Waals surface area (Å²) < 4.78 is 1.11. The molecule has 0 N–H and O–H groups in total. The van der Waals surface area contributed by atoms with Gasteiger partial charge in [-0.15, -0.1) is 0 Å². The number of Topliss-reactive ketones (excluding diaryl/α,β-unsaturated/α-hetero) is 1. The lowest BCUT2D eigenvalue weighted by molar-refractivity contribution is -0.120. The van der Waals surface area contributed by atoms with Crippen LogP contribution in [0.3, 0.4) is 0 Å². The first kappa shape index (κ1) is 11.6. The lowest BCUT2D eigenvalue weighted by atomic mass is 10.0. The van der Waals surface area contributed by atoms with Crippen LogP contribution in [0.15, 0.2) is 22.7 Å². The number of halogens is 1. The topological polar surface area (TPSA) is 20.3 Å². The molecule has 1 aromatic carbocycles. The molecule has 2 rings (SSSR count). The molecule has 1 unspecified atom stereocenters. The minimum Gasteiger partial charge on any atom is -0.368 e. The van der Waals surface area contributed by atoms with Crippen LogP contribution in [0.25, 0.3) is 0 Å². The zero-order valence-corrected chi connectivity index (χ0v) is 11.3. The van der Waals surface area contributed by atoms with Gasteiger partial charge >= 0.3 is 0 Å². The van der Waals surface area contributed by atoms with E-state index in [1.807, 2.05) is 0 Å². The minimum absolute atomic E-state index is 0.320. The Morgan fingerprint density at radius 1 is 1.44 bits per heavy atom. The zero-order chi connectivity index (χ0) is 11.7. The van der Waals surface area contributed by atoms with Crippen molar-refractivity contribution < 1.29 is 4.79 Å². The van der Waals surface area contributed by atoms with Gasteiger partial charge in [0.25, 0.3) is 0 Å². The molecule has 0 spiro atoms. The fourth-order valence-corrected chi connectivity index (χ4v) is 2.78. The third-order valence-corrected chi connectivity index (χ3v) is 3.65. The number of nitrogens with zero attached hydrogens (tertiary/aromatic N) is 1. The quantitative estimate of drug-likeness (QED) is 0.787. The lowest BCUT2D eigenvalue weighted by Crippen LogP contribution is -2.41. The molecule has 86 valence electrons. The van der Waals surface area contributed by atoms with Crippen LogP contribution < -0.4 is 4.90 Å². The van der Waals surface area contributed by atoms with Crippen molar-refractivity contribution in [2.24, 2.45) is 0 Å². The summed E-state index contributed by atoms with van der Waals surface area (Å²) in [5.74, 6) is 0.388. The van der Waals surface area contributed by atoms with Crippen LogP contribution in [0, 0.1) is 6.92 Å². The monoisotopic (exact) mass is 281 g/mol. The van der Waals surface area contributed by atoms with E-state index in [9.17, 15) is 4.79 Å². The highest BCUT2D eigenvalue weighted by Crippen LogP contribution is 2.28. The van der Waals surface area contributed by atoms with Crippen LogP contribution in [0.4, 0.5) is 5.69 Å². The Hall–Kier alpha value is -0.830. The molecule has 1 heterocycles. The van der Waals surface area contributed by atoms with Crippen molar-refractivity contribution in [1.29, 1.82) is 0 Å². The predicted octanol–water partition coefficient (Wildman–Crippen LogP) is 3.32. The van der Waals surface area contributed by atoms with Crippen molar-refractivity contribution >= 4 is 27.4 Å². The van der Waals surface area contributed by atoms with Gasteiger partial charge in [-0.25, -0.2) is 0 Å². The molecule has 0 amide bonds. The molecule has 1 atom stereocenters. The van der Waals surface area contributed by atoms with Gasteiger partial charge in [0.1, 0.15) is 5.78 Å². The minimum atomic E-state index is 0.320. The van der Waals surface area contributed by atoms with Gasteiger partial charge in [-0.05, 0) is 37.6 Å². The maximum atomic E-state index is 11.4. The number of hydrogen-bond acceptors (Lipinski definition) is 2. The Kier molecular flexibility index (Phi) is 3.33. The number of aryl methyl sites for hydroxylation is 1. The third kappa shape index (κ3) is 2.29. The standard InChI is InChI=1S/C13H16BrNO/c1-9-7-11(14)3-4-13(9)15-6-5-12(16)8-10(15)2/h3-4,7,10H,5-6,8H2,1-2H3. The van der Waals surface area contributed by atoms with Crippen molar-refractivity contribution in [3.05, 3.63) is 28.2 Å². The summed E-state index contributed by atoms with van der Waals surface area (Å²) in [6.07, 6.45) is 1.36. The highest BCUT2D eigenvalue weighted by atomic mass is 79.9. The first-order valence-electron chi connectivity index (χ1n) is 5.62. The van der Waals surface area contributed by atoms with E-state index in [4.69, 9.17) is 0 Å². The molecular formula is C13H16BrNO. The fourth-order valence-electron chi connectivity index (χ4n) is 2.31. The van der Waals surface area contributed by atoms with Gasteiger partial charge in [-0.3, -0.25) is 4.79 Å². The Labute approximate surface area is 105 Å². The average Bonchev–Trinajstić information content (AvgIpc) is 2.19. The van der Waals surface area contributed by atoms with E-state index in [1.165, 1.54) is 11.3 Å². The van der Waals surface area contributed by atoms with E-state index in [0.29, 0.717) is 24.7 Å². The van der Waals surface area contributed by atoms with Crippen molar-refractivity contribution in [2.75, 3.05) is 11.4 Å². The van der Waals surface area contributed by atoms with Gasteiger partial charge in [0.05, 0.1) is 0 Å². The number of benzene rings is 1. The van der Waals surface area contributed by atoms with Gasteiger partial charge in [0.2, 0.25) is 0 Å². The van der Waals surface area contributed by atoms with Crippen LogP contribution >= 0.6 is 15.9 Å². The largest absolute Gasteiger partial charge is 0.368 e. The summed E-state index contributed by atoms with van der Waals surface area (Å²) >= 11 is 3.47. The van der Waals surface area contributed by atoms with Gasteiger partial charge in [-0.2, -0.15) is 0 Å². The van der Waals surface area contributed by atoms with Crippen LogP contribution in [0.5, 0.6) is 0 Å². The molecule has 0 saturated carbocycles.